The summed E-state index contributed by atoms with van der Waals surface area (Å²) in [4.78, 5) is 11.8. The molecule has 0 radical (unpaired) electrons. The van der Waals surface area contributed by atoms with Crippen LogP contribution in [-0.4, -0.2) is 12.5 Å². The number of carbonyl (C=O) groups is 1. The molecule has 3 aromatic carbocycles. The predicted octanol–water partition coefficient (Wildman–Crippen LogP) is 7.18. The number of hydrogen-bond donors (Lipinski definition) is 2. The van der Waals surface area contributed by atoms with Gasteiger partial charge in [-0.25, -0.2) is 0 Å². The van der Waals surface area contributed by atoms with E-state index < -0.39 is 0 Å². The highest BCUT2D eigenvalue weighted by Crippen LogP contribution is 2.38. The first-order valence-electron chi connectivity index (χ1n) is 10.8. The number of amides is 1. The second-order valence-electron chi connectivity index (χ2n) is 7.79. The summed E-state index contributed by atoms with van der Waals surface area (Å²) < 4.78 is 11.8. The number of benzene rings is 3. The second-order valence-corrected chi connectivity index (χ2v) is 8.61. The average molecular weight is 487 g/mol. The maximum atomic E-state index is 11.8. The Balaban J connectivity index is 1.67. The molecule has 3 rings (SSSR count). The first-order valence-corrected chi connectivity index (χ1v) is 11.6. The molecule has 0 atom stereocenters. The normalized spacial score (nSPS) is 10.7. The molecule has 0 aliphatic carbocycles. The summed E-state index contributed by atoms with van der Waals surface area (Å²) in [5.41, 5.74) is 3.51. The van der Waals surface area contributed by atoms with Crippen molar-refractivity contribution in [1.29, 1.82) is 0 Å². The zero-order valence-corrected chi connectivity index (χ0v) is 20.5. The summed E-state index contributed by atoms with van der Waals surface area (Å²) in [6, 6.07) is 18.9. The van der Waals surface area contributed by atoms with Crippen LogP contribution < -0.4 is 20.1 Å². The monoisotopic (exact) mass is 486 g/mol. The molecule has 7 heteroatoms. The smallest absolute Gasteiger partial charge is 0.226 e. The van der Waals surface area contributed by atoms with E-state index in [-0.39, 0.29) is 18.4 Å². The van der Waals surface area contributed by atoms with Crippen molar-refractivity contribution in [3.8, 4) is 11.5 Å². The van der Waals surface area contributed by atoms with Crippen LogP contribution in [0.1, 0.15) is 31.9 Å². The van der Waals surface area contributed by atoms with E-state index in [2.05, 4.69) is 10.6 Å². The number of rotatable bonds is 10. The van der Waals surface area contributed by atoms with Gasteiger partial charge < -0.3 is 20.1 Å². The van der Waals surface area contributed by atoms with Gasteiger partial charge in [-0.05, 0) is 55.0 Å². The van der Waals surface area contributed by atoms with Gasteiger partial charge in [0.2, 0.25) is 5.91 Å². The van der Waals surface area contributed by atoms with Gasteiger partial charge in [-0.15, -0.1) is 0 Å². The topological polar surface area (TPSA) is 59.6 Å². The van der Waals surface area contributed by atoms with E-state index in [1.54, 1.807) is 0 Å². The molecule has 1 amide bonds. The molecular formula is C26H28Cl2N2O3. The fourth-order valence-corrected chi connectivity index (χ4v) is 3.53. The van der Waals surface area contributed by atoms with Gasteiger partial charge in [0.1, 0.15) is 6.61 Å². The molecular weight excluding hydrogens is 459 g/mol. The fourth-order valence-electron chi connectivity index (χ4n) is 3.05. The lowest BCUT2D eigenvalue weighted by Gasteiger charge is -2.16. The van der Waals surface area contributed by atoms with Crippen LogP contribution >= 0.6 is 23.2 Å². The molecule has 0 spiro atoms. The first kappa shape index (κ1) is 24.7. The van der Waals surface area contributed by atoms with E-state index in [1.807, 2.05) is 81.4 Å². The first-order chi connectivity index (χ1) is 15.9. The Morgan fingerprint density at radius 3 is 2.30 bits per heavy atom. The maximum absolute atomic E-state index is 11.8. The van der Waals surface area contributed by atoms with E-state index in [1.165, 1.54) is 0 Å². The van der Waals surface area contributed by atoms with Gasteiger partial charge in [-0.1, -0.05) is 55.2 Å². The minimum Gasteiger partial charge on any atom is -0.490 e. The Labute approximate surface area is 205 Å². The molecule has 0 aliphatic heterocycles. The van der Waals surface area contributed by atoms with Gasteiger partial charge in [-0.3, -0.25) is 4.79 Å². The standard InChI is InChI=1S/C26H28Cl2N2O3/c1-4-32-24-14-18(13-23(28)25(24)33-16-19-7-5-6-8-22(19)27)15-29-20-9-11-21(12-10-20)30-26(31)17(2)3/h5-14,17,29H,4,15-16H2,1-3H3,(H,30,31). The molecule has 0 saturated carbocycles. The van der Waals surface area contributed by atoms with Crippen molar-refractivity contribution in [2.24, 2.45) is 5.92 Å². The molecule has 2 N–H and O–H groups in total. The van der Waals surface area contributed by atoms with Crippen molar-refractivity contribution in [1.82, 2.24) is 0 Å². The third-order valence-electron chi connectivity index (χ3n) is 4.87. The molecule has 0 saturated heterocycles. The molecule has 0 bridgehead atoms. The molecule has 5 nitrogen and oxygen atoms in total. The highest BCUT2D eigenvalue weighted by atomic mass is 35.5. The zero-order valence-electron chi connectivity index (χ0n) is 19.0. The van der Waals surface area contributed by atoms with Crippen LogP contribution in [-0.2, 0) is 17.9 Å². The number of anilines is 2. The van der Waals surface area contributed by atoms with Crippen molar-refractivity contribution in [2.75, 3.05) is 17.2 Å². The Hall–Kier alpha value is -2.89. The summed E-state index contributed by atoms with van der Waals surface area (Å²) in [5.74, 6) is 1.00. The number of hydrogen-bond acceptors (Lipinski definition) is 4. The maximum Gasteiger partial charge on any atom is 0.226 e. The van der Waals surface area contributed by atoms with Crippen LogP contribution in [0.5, 0.6) is 11.5 Å². The number of nitrogens with one attached hydrogen (secondary N) is 2. The van der Waals surface area contributed by atoms with Crippen LogP contribution in [0.3, 0.4) is 0 Å². The molecule has 3 aromatic rings. The number of ether oxygens (including phenoxy) is 2. The van der Waals surface area contributed by atoms with Crippen molar-refractivity contribution >= 4 is 40.5 Å². The quantitative estimate of drug-likeness (QED) is 0.318. The predicted molar refractivity (Wildman–Crippen MR) is 136 cm³/mol. The lowest BCUT2D eigenvalue weighted by atomic mass is 10.1. The van der Waals surface area contributed by atoms with Crippen molar-refractivity contribution in [2.45, 2.75) is 33.9 Å². The van der Waals surface area contributed by atoms with Gasteiger partial charge in [0.05, 0.1) is 11.6 Å². The van der Waals surface area contributed by atoms with E-state index in [0.717, 1.165) is 22.5 Å². The van der Waals surface area contributed by atoms with E-state index in [4.69, 9.17) is 32.7 Å². The zero-order chi connectivity index (χ0) is 23.8. The molecule has 0 heterocycles. The van der Waals surface area contributed by atoms with Crippen molar-refractivity contribution in [3.63, 3.8) is 0 Å². The fraction of sp³-hybridized carbons (Fsp3) is 0.269. The summed E-state index contributed by atoms with van der Waals surface area (Å²) in [6.45, 7) is 6.95. The number of halogens is 2. The minimum absolute atomic E-state index is 0.00866. The summed E-state index contributed by atoms with van der Waals surface area (Å²) in [5, 5.41) is 7.35. The highest BCUT2D eigenvalue weighted by Gasteiger charge is 2.14. The summed E-state index contributed by atoms with van der Waals surface area (Å²) in [7, 11) is 0. The van der Waals surface area contributed by atoms with Crippen LogP contribution in [0.25, 0.3) is 0 Å². The Morgan fingerprint density at radius 1 is 0.939 bits per heavy atom. The molecule has 0 aromatic heterocycles. The average Bonchev–Trinajstić information content (AvgIpc) is 2.79. The highest BCUT2D eigenvalue weighted by molar-refractivity contribution is 6.32. The molecule has 0 fully saturated rings. The van der Waals surface area contributed by atoms with Crippen molar-refractivity contribution < 1.29 is 14.3 Å². The SMILES string of the molecule is CCOc1cc(CNc2ccc(NC(=O)C(C)C)cc2)cc(Cl)c1OCc1ccccc1Cl. The van der Waals surface area contributed by atoms with Gasteiger partial charge in [0.25, 0.3) is 0 Å². The van der Waals surface area contributed by atoms with Gasteiger partial charge in [0, 0.05) is 34.4 Å². The Kier molecular flexibility index (Phi) is 8.87. The van der Waals surface area contributed by atoms with Crippen LogP contribution in [0.2, 0.25) is 10.0 Å². The Morgan fingerprint density at radius 2 is 1.64 bits per heavy atom. The number of carbonyl (C=O) groups excluding carboxylic acids is 1. The third kappa shape index (κ3) is 7.04. The van der Waals surface area contributed by atoms with Gasteiger partial charge in [0.15, 0.2) is 11.5 Å². The lowest BCUT2D eigenvalue weighted by molar-refractivity contribution is -0.118. The third-order valence-corrected chi connectivity index (χ3v) is 5.52. The van der Waals surface area contributed by atoms with Gasteiger partial charge >= 0.3 is 0 Å². The molecule has 33 heavy (non-hydrogen) atoms. The van der Waals surface area contributed by atoms with E-state index in [0.29, 0.717) is 34.7 Å². The van der Waals surface area contributed by atoms with Gasteiger partial charge in [-0.2, -0.15) is 0 Å². The van der Waals surface area contributed by atoms with Crippen molar-refractivity contribution in [3.05, 3.63) is 81.8 Å². The van der Waals surface area contributed by atoms with Crippen LogP contribution in [0.4, 0.5) is 11.4 Å². The Bertz CT molecular complexity index is 1090. The minimum atomic E-state index is -0.0660. The largest absolute Gasteiger partial charge is 0.490 e. The summed E-state index contributed by atoms with van der Waals surface area (Å²) in [6.07, 6.45) is 0. The molecule has 0 unspecified atom stereocenters. The molecule has 0 aliphatic rings. The molecule has 174 valence electrons. The van der Waals surface area contributed by atoms with Crippen LogP contribution in [0.15, 0.2) is 60.7 Å². The van der Waals surface area contributed by atoms with E-state index >= 15 is 0 Å². The van der Waals surface area contributed by atoms with E-state index in [9.17, 15) is 4.79 Å². The summed E-state index contributed by atoms with van der Waals surface area (Å²) >= 11 is 12.8. The lowest BCUT2D eigenvalue weighted by Crippen LogP contribution is -2.17. The van der Waals surface area contributed by atoms with Crippen LogP contribution in [0, 0.1) is 5.92 Å². The second kappa shape index (κ2) is 11.8.